The van der Waals surface area contributed by atoms with Gasteiger partial charge in [0.2, 0.25) is 0 Å². The molecule has 3 atom stereocenters. The van der Waals surface area contributed by atoms with Crippen molar-refractivity contribution in [1.82, 2.24) is 0 Å². The first-order valence-corrected chi connectivity index (χ1v) is 17.3. The van der Waals surface area contributed by atoms with Crippen LogP contribution in [0.5, 0.6) is 0 Å². The van der Waals surface area contributed by atoms with Crippen LogP contribution < -0.4 is 0 Å². The Hall–Kier alpha value is -1.81. The maximum Gasteiger partial charge on any atom is 0.263 e. The Balaban J connectivity index is 1.84. The van der Waals surface area contributed by atoms with Crippen molar-refractivity contribution in [3.8, 4) is 0 Å². The van der Waals surface area contributed by atoms with Gasteiger partial charge in [0.05, 0.1) is 0 Å². The number of hydrogen-bond donors (Lipinski definition) is 0. The molecule has 0 heterocycles. The molecule has 3 aromatic rings. The number of benzene rings is 3. The quantitative estimate of drug-likeness (QED) is 0.213. The molecule has 0 spiro atoms. The predicted octanol–water partition coefficient (Wildman–Crippen LogP) is 11.3. The van der Waals surface area contributed by atoms with Crippen molar-refractivity contribution in [2.45, 2.75) is 114 Å². The molecule has 0 radical (unpaired) electrons. The largest absolute Gasteiger partial charge is 0.263 e. The Morgan fingerprint density at radius 1 is 0.405 bits per heavy atom. The molecule has 0 amide bonds. The van der Waals surface area contributed by atoms with Crippen molar-refractivity contribution in [3.05, 3.63) is 106 Å². The molecule has 0 aromatic heterocycles. The monoisotopic (exact) mass is 510 g/mol. The standard InChI is InChI=1S/3C12H17.Al/c3*1-9(2)11-6-5-7-12(8-11)10(3)4;/h3*5-10H,1H2,2-4H3;. The summed E-state index contributed by atoms with van der Waals surface area (Å²) in [5, 5.41) is 4.14. The van der Waals surface area contributed by atoms with Gasteiger partial charge in [-0.2, -0.15) is 0 Å². The van der Waals surface area contributed by atoms with E-state index in [-0.39, 0.29) is 0 Å². The van der Waals surface area contributed by atoms with E-state index in [0.717, 1.165) is 0 Å². The molecular formula is C36H51Al. The first-order chi connectivity index (χ1) is 17.5. The molecule has 0 aliphatic carbocycles. The second-order valence-electron chi connectivity index (χ2n) is 12.8. The number of hydrogen-bond acceptors (Lipinski definition) is 0. The molecule has 3 unspecified atom stereocenters. The summed E-state index contributed by atoms with van der Waals surface area (Å²) in [5.74, 6) is 3.63. The highest BCUT2D eigenvalue weighted by Gasteiger charge is 2.27. The van der Waals surface area contributed by atoms with Gasteiger partial charge in [-0.3, -0.25) is 0 Å². The van der Waals surface area contributed by atoms with Gasteiger partial charge in [-0.05, 0) is 68.9 Å². The molecule has 0 aliphatic rings. The van der Waals surface area contributed by atoms with Gasteiger partial charge in [-0.1, -0.05) is 151 Å². The van der Waals surface area contributed by atoms with Crippen LogP contribution in [-0.2, 0) is 0 Å². The van der Waals surface area contributed by atoms with Crippen LogP contribution in [0.25, 0.3) is 0 Å². The predicted molar refractivity (Wildman–Crippen MR) is 167 cm³/mol. The molecule has 3 rings (SSSR count). The van der Waals surface area contributed by atoms with E-state index in [9.17, 15) is 0 Å². The Bertz CT molecular complexity index is 967. The Kier molecular flexibility index (Phi) is 11.1. The normalized spacial score (nSPS) is 14.3. The van der Waals surface area contributed by atoms with E-state index in [1.165, 1.54) is 49.2 Å². The Morgan fingerprint density at radius 2 is 0.649 bits per heavy atom. The lowest BCUT2D eigenvalue weighted by molar-refractivity contribution is 0.769. The molecule has 0 nitrogen and oxygen atoms in total. The van der Waals surface area contributed by atoms with Crippen molar-refractivity contribution < 1.29 is 0 Å². The lowest BCUT2D eigenvalue weighted by Crippen LogP contribution is -2.20. The van der Waals surface area contributed by atoms with Gasteiger partial charge in [0.1, 0.15) is 0 Å². The minimum atomic E-state index is -1.04. The summed E-state index contributed by atoms with van der Waals surface area (Å²) in [5.41, 5.74) is 9.02. The topological polar surface area (TPSA) is 0 Å². The van der Waals surface area contributed by atoms with E-state index in [2.05, 4.69) is 135 Å². The van der Waals surface area contributed by atoms with Gasteiger partial charge in [0.15, 0.2) is 0 Å². The second kappa shape index (κ2) is 13.8. The smallest absolute Gasteiger partial charge is 0.0872 e. The first kappa shape index (κ1) is 29.7. The van der Waals surface area contributed by atoms with Crippen molar-refractivity contribution in [2.24, 2.45) is 0 Å². The third kappa shape index (κ3) is 8.60. The van der Waals surface area contributed by atoms with E-state index >= 15 is 0 Å². The summed E-state index contributed by atoms with van der Waals surface area (Å²) >= 11 is -1.04. The average molecular weight is 511 g/mol. The fourth-order valence-electron chi connectivity index (χ4n) is 5.87. The minimum Gasteiger partial charge on any atom is -0.0872 e. The molecule has 0 fully saturated rings. The Morgan fingerprint density at radius 3 is 0.892 bits per heavy atom. The molecule has 3 aromatic carbocycles. The summed E-state index contributed by atoms with van der Waals surface area (Å²) in [6, 6.07) is 28.3. The lowest BCUT2D eigenvalue weighted by Gasteiger charge is -2.25. The van der Waals surface area contributed by atoms with Gasteiger partial charge in [-0.15, -0.1) is 0 Å². The highest BCUT2D eigenvalue weighted by molar-refractivity contribution is 6.59. The highest BCUT2D eigenvalue weighted by atomic mass is 27.2. The molecule has 0 N–H and O–H groups in total. The van der Waals surface area contributed by atoms with Gasteiger partial charge < -0.3 is 0 Å². The van der Waals surface area contributed by atoms with Crippen LogP contribution in [0.2, 0.25) is 15.8 Å². The second-order valence-corrected chi connectivity index (χ2v) is 15.9. The van der Waals surface area contributed by atoms with Crippen LogP contribution in [0.1, 0.15) is 131 Å². The van der Waals surface area contributed by atoms with Crippen molar-refractivity contribution in [1.29, 1.82) is 0 Å². The molecule has 0 saturated carbocycles. The zero-order valence-electron chi connectivity index (χ0n) is 25.1. The summed E-state index contributed by atoms with van der Waals surface area (Å²) in [6.07, 6.45) is 0. The number of rotatable bonds is 12. The molecule has 1 heteroatoms. The molecule has 0 saturated heterocycles. The summed E-state index contributed by atoms with van der Waals surface area (Å²) in [6.45, 7) is 21.3. The highest BCUT2D eigenvalue weighted by Crippen LogP contribution is 2.35. The van der Waals surface area contributed by atoms with E-state index < -0.39 is 14.1 Å². The third-order valence-electron chi connectivity index (χ3n) is 8.50. The fraction of sp³-hybridized carbons (Fsp3) is 0.500. The van der Waals surface area contributed by atoms with Crippen molar-refractivity contribution in [3.63, 3.8) is 0 Å². The molecule has 37 heavy (non-hydrogen) atoms. The Labute approximate surface area is 233 Å². The summed E-state index contributed by atoms with van der Waals surface area (Å²) in [7, 11) is 0. The molecule has 0 bridgehead atoms. The van der Waals surface area contributed by atoms with E-state index in [1.807, 2.05) is 0 Å². The SMILES string of the molecule is CC(C)c1cccc(C(C)[CH2][Al]([CH2]C(C)c2cccc(C(C)C)c2)[CH2]C(C)c2cccc(C(C)C)c2)c1. The average Bonchev–Trinajstić information content (AvgIpc) is 2.88. The summed E-state index contributed by atoms with van der Waals surface area (Å²) < 4.78 is 0. The zero-order valence-corrected chi connectivity index (χ0v) is 26.2. The maximum atomic E-state index is 2.48. The molecule has 0 aliphatic heterocycles. The van der Waals surface area contributed by atoms with Crippen LogP contribution in [-0.4, -0.2) is 14.1 Å². The van der Waals surface area contributed by atoms with Crippen molar-refractivity contribution in [2.75, 3.05) is 0 Å². The first-order valence-electron chi connectivity index (χ1n) is 14.8. The minimum absolute atomic E-state index is 0.585. The van der Waals surface area contributed by atoms with Gasteiger partial charge >= 0.3 is 0 Å². The van der Waals surface area contributed by atoms with Gasteiger partial charge in [-0.25, -0.2) is 0 Å². The van der Waals surface area contributed by atoms with Crippen molar-refractivity contribution >= 4 is 14.1 Å². The van der Waals surface area contributed by atoms with Gasteiger partial charge in [0, 0.05) is 0 Å². The third-order valence-corrected chi connectivity index (χ3v) is 12.6. The summed E-state index contributed by atoms with van der Waals surface area (Å²) in [4.78, 5) is 0. The maximum absolute atomic E-state index is 2.48. The van der Waals surface area contributed by atoms with Crippen LogP contribution in [0.4, 0.5) is 0 Å². The fourth-order valence-corrected chi connectivity index (χ4v) is 10.3. The van der Waals surface area contributed by atoms with E-state index in [0.29, 0.717) is 35.5 Å². The van der Waals surface area contributed by atoms with E-state index in [4.69, 9.17) is 0 Å². The zero-order chi connectivity index (χ0) is 27.1. The van der Waals surface area contributed by atoms with Crippen LogP contribution in [0.3, 0.4) is 0 Å². The van der Waals surface area contributed by atoms with Gasteiger partial charge in [0.25, 0.3) is 14.1 Å². The van der Waals surface area contributed by atoms with Crippen LogP contribution in [0.15, 0.2) is 72.8 Å². The van der Waals surface area contributed by atoms with E-state index in [1.54, 1.807) is 0 Å². The lowest BCUT2D eigenvalue weighted by atomic mass is 9.95. The molecule has 198 valence electrons. The molecular weight excluding hydrogens is 459 g/mol. The van der Waals surface area contributed by atoms with Crippen LogP contribution in [0, 0.1) is 0 Å². The van der Waals surface area contributed by atoms with Crippen LogP contribution >= 0.6 is 0 Å².